The third-order valence-electron chi connectivity index (χ3n) is 5.61. The molecule has 0 bridgehead atoms. The Hall–Kier alpha value is -3.87. The second-order valence-corrected chi connectivity index (χ2v) is 7.71. The molecule has 1 amide bonds. The maximum Gasteiger partial charge on any atom is 0.285 e. The van der Waals surface area contributed by atoms with Crippen molar-refractivity contribution < 1.29 is 9.53 Å². The lowest BCUT2D eigenvalue weighted by Gasteiger charge is -2.20. The monoisotopic (exact) mass is 414 g/mol. The Labute approximate surface area is 178 Å². The van der Waals surface area contributed by atoms with Crippen LogP contribution in [0.5, 0.6) is 5.75 Å². The zero-order chi connectivity index (χ0) is 21.5. The molecule has 4 aromatic rings. The summed E-state index contributed by atoms with van der Waals surface area (Å²) in [4.78, 5) is 31.0. The molecule has 3 heterocycles. The second kappa shape index (κ2) is 7.43. The highest BCUT2D eigenvalue weighted by Crippen LogP contribution is 2.33. The first kappa shape index (κ1) is 19.1. The molecule has 7 heteroatoms. The molecular weight excluding hydrogens is 392 g/mol. The van der Waals surface area contributed by atoms with E-state index < -0.39 is 11.5 Å². The maximum atomic E-state index is 13.3. The number of ether oxygens (including phenoxy) is 1. The summed E-state index contributed by atoms with van der Waals surface area (Å²) in [6.45, 7) is 4.18. The van der Waals surface area contributed by atoms with Crippen LogP contribution in [-0.2, 0) is 6.42 Å². The van der Waals surface area contributed by atoms with Crippen LogP contribution in [0.3, 0.4) is 0 Å². The summed E-state index contributed by atoms with van der Waals surface area (Å²) < 4.78 is 7.11. The minimum absolute atomic E-state index is 0.00627. The van der Waals surface area contributed by atoms with Gasteiger partial charge >= 0.3 is 0 Å². The molecule has 0 saturated carbocycles. The predicted molar refractivity (Wildman–Crippen MR) is 119 cm³/mol. The molecule has 0 saturated heterocycles. The normalized spacial score (nSPS) is 13.0. The predicted octanol–water partition coefficient (Wildman–Crippen LogP) is 3.88. The van der Waals surface area contributed by atoms with Crippen LogP contribution in [0.2, 0.25) is 0 Å². The summed E-state index contributed by atoms with van der Waals surface area (Å²) in [6.07, 6.45) is 1.85. The third-order valence-corrected chi connectivity index (χ3v) is 5.61. The lowest BCUT2D eigenvalue weighted by Crippen LogP contribution is -2.29. The Morgan fingerprint density at radius 3 is 2.74 bits per heavy atom. The number of nitrogens with one attached hydrogen (secondary N) is 2. The van der Waals surface area contributed by atoms with E-state index in [0.29, 0.717) is 29.4 Å². The molecule has 0 atom stereocenters. The molecule has 1 aliphatic rings. The topological polar surface area (TPSA) is 88.5 Å². The lowest BCUT2D eigenvalue weighted by atomic mass is 10.0. The maximum absolute atomic E-state index is 13.3. The molecule has 2 aromatic heterocycles. The minimum atomic E-state index is -0.500. The number of H-pyrrole nitrogens is 1. The van der Waals surface area contributed by atoms with Crippen molar-refractivity contribution in [2.75, 3.05) is 11.9 Å². The van der Waals surface area contributed by atoms with Crippen molar-refractivity contribution in [1.29, 1.82) is 0 Å². The SMILES string of the molecule is Cc1nc2c(-c3ccccc3)c(C)[nH]n2c(=O)c1C(=O)Nc1cccc2c1OCCC2. The Morgan fingerprint density at radius 2 is 1.94 bits per heavy atom. The van der Waals surface area contributed by atoms with E-state index in [0.717, 1.165) is 35.2 Å². The van der Waals surface area contributed by atoms with Gasteiger partial charge in [0.1, 0.15) is 11.3 Å². The molecule has 0 spiro atoms. The van der Waals surface area contributed by atoms with Crippen LogP contribution in [0.1, 0.15) is 33.7 Å². The highest BCUT2D eigenvalue weighted by molar-refractivity contribution is 6.06. The number of aromatic amines is 1. The van der Waals surface area contributed by atoms with E-state index in [9.17, 15) is 9.59 Å². The number of aryl methyl sites for hydroxylation is 3. The van der Waals surface area contributed by atoms with Gasteiger partial charge in [-0.2, -0.15) is 0 Å². The zero-order valence-electron chi connectivity index (χ0n) is 17.4. The number of carbonyl (C=O) groups excluding carboxylic acids is 1. The van der Waals surface area contributed by atoms with Crippen LogP contribution in [-0.4, -0.2) is 27.1 Å². The van der Waals surface area contributed by atoms with Gasteiger partial charge in [-0.3, -0.25) is 14.7 Å². The fraction of sp³-hybridized carbons (Fsp3) is 0.208. The summed E-state index contributed by atoms with van der Waals surface area (Å²) in [6, 6.07) is 15.4. The molecule has 2 aromatic carbocycles. The van der Waals surface area contributed by atoms with E-state index in [1.54, 1.807) is 13.0 Å². The van der Waals surface area contributed by atoms with Gasteiger partial charge in [0, 0.05) is 11.3 Å². The second-order valence-electron chi connectivity index (χ2n) is 7.71. The van der Waals surface area contributed by atoms with Crippen LogP contribution >= 0.6 is 0 Å². The number of hydrogen-bond donors (Lipinski definition) is 2. The van der Waals surface area contributed by atoms with Crippen LogP contribution in [0.15, 0.2) is 53.3 Å². The van der Waals surface area contributed by atoms with Crippen LogP contribution in [0.4, 0.5) is 5.69 Å². The number of hydrogen-bond acceptors (Lipinski definition) is 4. The van der Waals surface area contributed by atoms with Gasteiger partial charge in [0.15, 0.2) is 5.65 Å². The van der Waals surface area contributed by atoms with E-state index in [4.69, 9.17) is 4.74 Å². The standard InChI is InChI=1S/C24H22N4O3/c1-14-20(23(29)26-18-12-6-10-17-11-7-13-31-21(17)18)24(30)28-22(25-14)19(15(2)27-28)16-8-4-3-5-9-16/h3-6,8-10,12,27H,7,11,13H2,1-2H3,(H,26,29). The van der Waals surface area contributed by atoms with Gasteiger partial charge in [-0.15, -0.1) is 0 Å². The van der Waals surface area contributed by atoms with Crippen molar-refractivity contribution in [2.45, 2.75) is 26.7 Å². The van der Waals surface area contributed by atoms with Gasteiger partial charge in [0.2, 0.25) is 0 Å². The van der Waals surface area contributed by atoms with Gasteiger partial charge in [-0.1, -0.05) is 42.5 Å². The summed E-state index contributed by atoms with van der Waals surface area (Å²) >= 11 is 0. The van der Waals surface area contributed by atoms with E-state index in [-0.39, 0.29) is 5.56 Å². The van der Waals surface area contributed by atoms with E-state index in [2.05, 4.69) is 15.4 Å². The largest absolute Gasteiger partial charge is 0.491 e. The van der Waals surface area contributed by atoms with Gasteiger partial charge in [-0.25, -0.2) is 9.50 Å². The molecule has 0 radical (unpaired) electrons. The number of para-hydroxylation sites is 1. The highest BCUT2D eigenvalue weighted by Gasteiger charge is 2.23. The summed E-state index contributed by atoms with van der Waals surface area (Å²) in [7, 11) is 0. The fourth-order valence-corrected chi connectivity index (χ4v) is 4.17. The summed E-state index contributed by atoms with van der Waals surface area (Å²) in [5, 5.41) is 5.92. The number of nitrogens with zero attached hydrogens (tertiary/aromatic N) is 2. The van der Waals surface area contributed by atoms with Gasteiger partial charge in [-0.05, 0) is 43.9 Å². The van der Waals surface area contributed by atoms with E-state index in [1.807, 2.05) is 49.4 Å². The molecule has 0 aliphatic carbocycles. The van der Waals surface area contributed by atoms with Crippen molar-refractivity contribution in [1.82, 2.24) is 14.6 Å². The molecule has 7 nitrogen and oxygen atoms in total. The van der Waals surface area contributed by atoms with Gasteiger partial charge in [0.05, 0.1) is 18.0 Å². The smallest absolute Gasteiger partial charge is 0.285 e. The van der Waals surface area contributed by atoms with Crippen LogP contribution in [0.25, 0.3) is 16.8 Å². The van der Waals surface area contributed by atoms with Crippen LogP contribution in [0, 0.1) is 13.8 Å². The van der Waals surface area contributed by atoms with Crippen molar-refractivity contribution in [2.24, 2.45) is 0 Å². The number of anilines is 1. The van der Waals surface area contributed by atoms with Crippen LogP contribution < -0.4 is 15.6 Å². The first-order valence-corrected chi connectivity index (χ1v) is 10.3. The molecule has 156 valence electrons. The quantitative estimate of drug-likeness (QED) is 0.532. The molecule has 2 N–H and O–H groups in total. The Morgan fingerprint density at radius 1 is 1.13 bits per heavy atom. The van der Waals surface area contributed by atoms with Crippen molar-refractivity contribution in [3.8, 4) is 16.9 Å². The van der Waals surface area contributed by atoms with Crippen molar-refractivity contribution >= 4 is 17.2 Å². The number of carbonyl (C=O) groups is 1. The van der Waals surface area contributed by atoms with Crippen molar-refractivity contribution in [3.63, 3.8) is 0 Å². The highest BCUT2D eigenvalue weighted by atomic mass is 16.5. The Kier molecular flexibility index (Phi) is 4.58. The number of rotatable bonds is 3. The average molecular weight is 414 g/mol. The minimum Gasteiger partial charge on any atom is -0.491 e. The first-order valence-electron chi connectivity index (χ1n) is 10.3. The number of aromatic nitrogens is 3. The molecular formula is C24H22N4O3. The van der Waals surface area contributed by atoms with Crippen molar-refractivity contribution in [3.05, 3.63) is 81.4 Å². The number of fused-ring (bicyclic) bond motifs is 2. The molecule has 0 unspecified atom stereocenters. The molecule has 0 fully saturated rings. The average Bonchev–Trinajstić information content (AvgIpc) is 3.10. The summed E-state index contributed by atoms with van der Waals surface area (Å²) in [5.41, 5.74) is 4.68. The van der Waals surface area contributed by atoms with E-state index in [1.165, 1.54) is 4.52 Å². The lowest BCUT2D eigenvalue weighted by molar-refractivity contribution is 0.102. The Bertz CT molecular complexity index is 1370. The number of benzene rings is 2. The molecule has 5 rings (SSSR count). The van der Waals surface area contributed by atoms with Gasteiger partial charge < -0.3 is 10.1 Å². The first-order chi connectivity index (χ1) is 15.0. The Balaban J connectivity index is 1.59. The molecule has 31 heavy (non-hydrogen) atoms. The summed E-state index contributed by atoms with van der Waals surface area (Å²) in [5.74, 6) is 0.177. The molecule has 1 aliphatic heterocycles. The third kappa shape index (κ3) is 3.18. The van der Waals surface area contributed by atoms with E-state index >= 15 is 0 Å². The fourth-order valence-electron chi connectivity index (χ4n) is 4.17. The number of amides is 1. The zero-order valence-corrected chi connectivity index (χ0v) is 17.4. The van der Waals surface area contributed by atoms with Gasteiger partial charge in [0.25, 0.3) is 11.5 Å².